The summed E-state index contributed by atoms with van der Waals surface area (Å²) < 4.78 is 7.42. The Morgan fingerprint density at radius 2 is 2.26 bits per heavy atom. The zero-order valence-electron chi connectivity index (χ0n) is 15.2. The number of nitrogens with zero attached hydrogens (tertiary/aromatic N) is 4. The molecule has 1 aromatic heterocycles. The van der Waals surface area contributed by atoms with E-state index in [0.29, 0.717) is 5.92 Å². The van der Waals surface area contributed by atoms with E-state index in [9.17, 15) is 0 Å². The van der Waals surface area contributed by atoms with Crippen LogP contribution in [-0.4, -0.2) is 60.5 Å². The molecule has 1 atom stereocenters. The minimum atomic E-state index is 0.617. The predicted molar refractivity (Wildman–Crippen MR) is 93.9 cm³/mol. The molecule has 1 aliphatic heterocycles. The highest BCUT2D eigenvalue weighted by Crippen LogP contribution is 2.14. The van der Waals surface area contributed by atoms with E-state index in [1.807, 2.05) is 11.7 Å². The number of aromatic nitrogens is 2. The Hall–Kier alpha value is -1.56. The lowest BCUT2D eigenvalue weighted by Crippen LogP contribution is -2.41. The Kier molecular flexibility index (Phi) is 6.45. The molecule has 2 rings (SSSR count). The molecule has 1 fully saturated rings. The molecule has 1 aromatic rings. The first-order valence-electron chi connectivity index (χ1n) is 8.59. The molecule has 6 heteroatoms. The minimum Gasteiger partial charge on any atom is -0.381 e. The Balaban J connectivity index is 1.94. The molecule has 0 radical (unpaired) electrons. The summed E-state index contributed by atoms with van der Waals surface area (Å²) in [6.45, 7) is 10.7. The Morgan fingerprint density at radius 3 is 2.83 bits per heavy atom. The number of hydrogen-bond acceptors (Lipinski definition) is 3. The molecule has 0 spiro atoms. The fourth-order valence-electron chi connectivity index (χ4n) is 3.12. The first-order valence-corrected chi connectivity index (χ1v) is 8.59. The molecule has 0 saturated carbocycles. The normalized spacial score (nSPS) is 18.5. The second-order valence-corrected chi connectivity index (χ2v) is 6.37. The van der Waals surface area contributed by atoms with Crippen molar-refractivity contribution in [1.29, 1.82) is 0 Å². The lowest BCUT2D eigenvalue weighted by molar-refractivity contribution is 0.181. The van der Waals surface area contributed by atoms with Gasteiger partial charge in [-0.1, -0.05) is 0 Å². The van der Waals surface area contributed by atoms with Crippen LogP contribution in [0.1, 0.15) is 30.3 Å². The van der Waals surface area contributed by atoms with Crippen LogP contribution in [0.25, 0.3) is 0 Å². The number of aliphatic imine (C=N–C) groups is 1. The number of nitrogens with one attached hydrogen (secondary N) is 1. The molecule has 1 saturated heterocycles. The molecule has 1 N–H and O–H groups in total. The molecule has 130 valence electrons. The minimum absolute atomic E-state index is 0.617. The largest absolute Gasteiger partial charge is 0.381 e. The fraction of sp³-hybridized carbons (Fsp3) is 0.765. The first-order chi connectivity index (χ1) is 11.0. The Morgan fingerprint density at radius 1 is 1.48 bits per heavy atom. The summed E-state index contributed by atoms with van der Waals surface area (Å²) in [5, 5.41) is 7.87. The first kappa shape index (κ1) is 17.8. The summed E-state index contributed by atoms with van der Waals surface area (Å²) >= 11 is 0. The molecule has 0 aliphatic carbocycles. The SMILES string of the molecule is CCNC(=NCCc1c(C)nn(C)c1C)N(C)CC1CCOC1. The van der Waals surface area contributed by atoms with Crippen molar-refractivity contribution in [2.45, 2.75) is 33.6 Å². The van der Waals surface area contributed by atoms with E-state index in [1.54, 1.807) is 0 Å². The van der Waals surface area contributed by atoms with Gasteiger partial charge in [-0.15, -0.1) is 0 Å². The van der Waals surface area contributed by atoms with Crippen molar-refractivity contribution < 1.29 is 4.74 Å². The lowest BCUT2D eigenvalue weighted by Gasteiger charge is -2.24. The molecule has 23 heavy (non-hydrogen) atoms. The molecular formula is C17H31N5O. The zero-order valence-corrected chi connectivity index (χ0v) is 15.2. The fourth-order valence-corrected chi connectivity index (χ4v) is 3.12. The Labute approximate surface area is 139 Å². The van der Waals surface area contributed by atoms with Crippen molar-refractivity contribution in [3.63, 3.8) is 0 Å². The van der Waals surface area contributed by atoms with Crippen molar-refractivity contribution >= 4 is 5.96 Å². The lowest BCUT2D eigenvalue weighted by atomic mass is 10.1. The molecular weight excluding hydrogens is 290 g/mol. The van der Waals surface area contributed by atoms with E-state index in [4.69, 9.17) is 9.73 Å². The third-order valence-electron chi connectivity index (χ3n) is 4.53. The van der Waals surface area contributed by atoms with Gasteiger partial charge >= 0.3 is 0 Å². The smallest absolute Gasteiger partial charge is 0.193 e. The summed E-state index contributed by atoms with van der Waals surface area (Å²) in [4.78, 5) is 7.02. The number of ether oxygens (including phenoxy) is 1. The molecule has 1 aliphatic rings. The molecule has 2 heterocycles. The van der Waals surface area contributed by atoms with Gasteiger partial charge in [0.25, 0.3) is 0 Å². The summed E-state index contributed by atoms with van der Waals surface area (Å²) in [6, 6.07) is 0. The average Bonchev–Trinajstić information content (AvgIpc) is 3.09. The van der Waals surface area contributed by atoms with Crippen LogP contribution >= 0.6 is 0 Å². The van der Waals surface area contributed by atoms with Crippen LogP contribution in [0.2, 0.25) is 0 Å². The summed E-state index contributed by atoms with van der Waals surface area (Å²) in [5.41, 5.74) is 3.67. The number of hydrogen-bond donors (Lipinski definition) is 1. The van der Waals surface area contributed by atoms with E-state index < -0.39 is 0 Å². The monoisotopic (exact) mass is 321 g/mol. The average molecular weight is 321 g/mol. The molecule has 1 unspecified atom stereocenters. The van der Waals surface area contributed by atoms with Gasteiger partial charge in [-0.05, 0) is 39.2 Å². The van der Waals surface area contributed by atoms with Gasteiger partial charge in [0.05, 0.1) is 12.3 Å². The maximum absolute atomic E-state index is 5.47. The highest BCUT2D eigenvalue weighted by atomic mass is 16.5. The predicted octanol–water partition coefficient (Wildman–Crippen LogP) is 1.51. The quantitative estimate of drug-likeness (QED) is 0.637. The van der Waals surface area contributed by atoms with Crippen molar-refractivity contribution in [1.82, 2.24) is 20.0 Å². The molecule has 0 aromatic carbocycles. The van der Waals surface area contributed by atoms with E-state index in [1.165, 1.54) is 11.3 Å². The maximum Gasteiger partial charge on any atom is 0.193 e. The topological polar surface area (TPSA) is 54.7 Å². The van der Waals surface area contributed by atoms with E-state index in [-0.39, 0.29) is 0 Å². The maximum atomic E-state index is 5.47. The summed E-state index contributed by atoms with van der Waals surface area (Å²) in [7, 11) is 4.11. The van der Waals surface area contributed by atoms with Gasteiger partial charge in [-0.2, -0.15) is 5.10 Å². The second kappa shape index (κ2) is 8.34. The zero-order chi connectivity index (χ0) is 16.8. The second-order valence-electron chi connectivity index (χ2n) is 6.37. The van der Waals surface area contributed by atoms with Crippen molar-refractivity contribution in [3.8, 4) is 0 Å². The standard InChI is InChI=1S/C17H31N5O/c1-6-18-17(21(4)11-15-8-10-23-12-15)19-9-7-16-13(2)20-22(5)14(16)3/h15H,6-12H2,1-5H3,(H,18,19). The van der Waals surface area contributed by atoms with Gasteiger partial charge in [0.15, 0.2) is 5.96 Å². The number of guanidine groups is 1. The van der Waals surface area contributed by atoms with Gasteiger partial charge in [-0.25, -0.2) is 0 Å². The van der Waals surface area contributed by atoms with Crippen LogP contribution in [0.4, 0.5) is 0 Å². The number of aryl methyl sites for hydroxylation is 2. The van der Waals surface area contributed by atoms with Crippen LogP contribution in [0.15, 0.2) is 4.99 Å². The van der Waals surface area contributed by atoms with Crippen LogP contribution in [-0.2, 0) is 18.2 Å². The molecule has 0 amide bonds. The molecule has 6 nitrogen and oxygen atoms in total. The Bertz CT molecular complexity index is 531. The van der Waals surface area contributed by atoms with Gasteiger partial charge in [-0.3, -0.25) is 9.67 Å². The van der Waals surface area contributed by atoms with Crippen LogP contribution < -0.4 is 5.32 Å². The molecule has 0 bridgehead atoms. The van der Waals surface area contributed by atoms with Gasteiger partial charge in [0.1, 0.15) is 0 Å². The highest BCUT2D eigenvalue weighted by molar-refractivity contribution is 5.79. The van der Waals surface area contributed by atoms with Crippen molar-refractivity contribution in [3.05, 3.63) is 17.0 Å². The van der Waals surface area contributed by atoms with Crippen molar-refractivity contribution in [2.24, 2.45) is 18.0 Å². The van der Waals surface area contributed by atoms with Crippen molar-refractivity contribution in [2.75, 3.05) is 39.9 Å². The van der Waals surface area contributed by atoms with Crippen LogP contribution in [0, 0.1) is 19.8 Å². The summed E-state index contributed by atoms with van der Waals surface area (Å²) in [6.07, 6.45) is 2.08. The van der Waals surface area contributed by atoms with Gasteiger partial charge < -0.3 is 15.0 Å². The van der Waals surface area contributed by atoms with Gasteiger partial charge in [0.2, 0.25) is 0 Å². The van der Waals surface area contributed by atoms with E-state index in [0.717, 1.165) is 57.3 Å². The number of rotatable bonds is 6. The van der Waals surface area contributed by atoms with E-state index >= 15 is 0 Å². The van der Waals surface area contributed by atoms with Gasteiger partial charge in [0, 0.05) is 51.9 Å². The highest BCUT2D eigenvalue weighted by Gasteiger charge is 2.19. The van der Waals surface area contributed by atoms with Crippen LogP contribution in [0.3, 0.4) is 0 Å². The third kappa shape index (κ3) is 4.70. The summed E-state index contributed by atoms with van der Waals surface area (Å²) in [5.74, 6) is 1.60. The van der Waals surface area contributed by atoms with E-state index in [2.05, 4.69) is 43.1 Å². The third-order valence-corrected chi connectivity index (χ3v) is 4.53. The van der Waals surface area contributed by atoms with Crippen LogP contribution in [0.5, 0.6) is 0 Å².